The Bertz CT molecular complexity index is 1040. The molecule has 1 heterocycles. The monoisotopic (exact) mass is 468 g/mol. The Morgan fingerprint density at radius 1 is 1.09 bits per heavy atom. The fourth-order valence-corrected chi connectivity index (χ4v) is 3.57. The van der Waals surface area contributed by atoms with Gasteiger partial charge in [-0.15, -0.1) is 0 Å². The number of anilines is 1. The molecule has 1 fully saturated rings. The maximum absolute atomic E-state index is 12.7. The van der Waals surface area contributed by atoms with Crippen molar-refractivity contribution in [1.82, 2.24) is 5.32 Å². The largest absolute Gasteiger partial charge is 0.496 e. The van der Waals surface area contributed by atoms with Crippen molar-refractivity contribution >= 4 is 29.3 Å². The van der Waals surface area contributed by atoms with Crippen LogP contribution >= 0.6 is 0 Å². The van der Waals surface area contributed by atoms with Gasteiger partial charge in [-0.1, -0.05) is 12.1 Å². The molecule has 0 radical (unpaired) electrons. The number of hydrogen-bond acceptors (Lipinski definition) is 8. The second kappa shape index (κ2) is 12.1. The van der Waals surface area contributed by atoms with Gasteiger partial charge in [0.1, 0.15) is 5.75 Å². The molecule has 0 aromatic heterocycles. The van der Waals surface area contributed by atoms with Crippen LogP contribution < -0.4 is 15.0 Å². The number of amides is 2. The number of ketones is 1. The Kier molecular flexibility index (Phi) is 8.89. The zero-order valence-electron chi connectivity index (χ0n) is 19.2. The molecule has 1 aliphatic heterocycles. The molecule has 180 valence electrons. The molecule has 1 saturated heterocycles. The lowest BCUT2D eigenvalue weighted by atomic mass is 10.1. The van der Waals surface area contributed by atoms with Gasteiger partial charge in [-0.05, 0) is 56.3 Å². The summed E-state index contributed by atoms with van der Waals surface area (Å²) < 4.78 is 15.5. The van der Waals surface area contributed by atoms with E-state index in [0.29, 0.717) is 36.8 Å². The van der Waals surface area contributed by atoms with Crippen LogP contribution in [-0.2, 0) is 19.1 Å². The standard InChI is InChI=1S/C25H28N2O7/c1-3-33-14-6-13-26-20-15-23(29)27(24(20)30)18-11-9-17(10-12-18)25(31)34-16-21(28)19-7-4-5-8-22(19)32-2/h4-5,7-12,20,26H,3,6,13-16H2,1-2H3. The molecule has 2 aromatic rings. The van der Waals surface area contributed by atoms with E-state index in [-0.39, 0.29) is 23.8 Å². The van der Waals surface area contributed by atoms with Crippen molar-refractivity contribution < 1.29 is 33.4 Å². The number of methoxy groups -OCH3 is 1. The first-order valence-electron chi connectivity index (χ1n) is 11.1. The molecule has 0 saturated carbocycles. The highest BCUT2D eigenvalue weighted by atomic mass is 16.5. The number of imide groups is 1. The predicted molar refractivity (Wildman–Crippen MR) is 124 cm³/mol. The van der Waals surface area contributed by atoms with Crippen LogP contribution in [0.15, 0.2) is 48.5 Å². The quantitative estimate of drug-likeness (QED) is 0.219. The van der Waals surface area contributed by atoms with Crippen LogP contribution in [0.1, 0.15) is 40.5 Å². The highest BCUT2D eigenvalue weighted by molar-refractivity contribution is 6.22. The smallest absolute Gasteiger partial charge is 0.338 e. The summed E-state index contributed by atoms with van der Waals surface area (Å²) in [6.07, 6.45) is 0.810. The molecular formula is C25H28N2O7. The lowest BCUT2D eigenvalue weighted by molar-refractivity contribution is -0.121. The van der Waals surface area contributed by atoms with Gasteiger partial charge in [0.15, 0.2) is 6.61 Å². The first-order chi connectivity index (χ1) is 16.5. The van der Waals surface area contributed by atoms with E-state index in [2.05, 4.69) is 5.32 Å². The van der Waals surface area contributed by atoms with E-state index < -0.39 is 24.4 Å². The molecule has 9 heteroatoms. The number of nitrogens with zero attached hydrogens (tertiary/aromatic N) is 1. The summed E-state index contributed by atoms with van der Waals surface area (Å²) in [7, 11) is 1.45. The van der Waals surface area contributed by atoms with Crippen LogP contribution in [-0.4, -0.2) is 63.1 Å². The summed E-state index contributed by atoms with van der Waals surface area (Å²) in [6.45, 7) is 3.26. The molecule has 0 spiro atoms. The van der Waals surface area contributed by atoms with Crippen LogP contribution in [0.25, 0.3) is 0 Å². The maximum Gasteiger partial charge on any atom is 0.338 e. The number of carbonyl (C=O) groups excluding carboxylic acids is 4. The average Bonchev–Trinajstić information content (AvgIpc) is 3.14. The number of para-hydroxylation sites is 1. The van der Waals surface area contributed by atoms with Crippen molar-refractivity contribution in [3.05, 3.63) is 59.7 Å². The minimum atomic E-state index is -0.692. The Morgan fingerprint density at radius 2 is 1.82 bits per heavy atom. The molecule has 3 rings (SSSR count). The minimum Gasteiger partial charge on any atom is -0.496 e. The molecule has 2 aromatic carbocycles. The molecule has 9 nitrogen and oxygen atoms in total. The Labute approximate surface area is 198 Å². The van der Waals surface area contributed by atoms with Crippen LogP contribution in [0, 0.1) is 0 Å². The predicted octanol–water partition coefficient (Wildman–Crippen LogP) is 2.38. The second-order valence-electron chi connectivity index (χ2n) is 7.58. The number of esters is 1. The molecular weight excluding hydrogens is 440 g/mol. The van der Waals surface area contributed by atoms with E-state index in [1.807, 2.05) is 6.92 Å². The summed E-state index contributed by atoms with van der Waals surface area (Å²) in [5.41, 5.74) is 0.886. The summed E-state index contributed by atoms with van der Waals surface area (Å²) in [5, 5.41) is 3.09. The van der Waals surface area contributed by atoms with Gasteiger partial charge in [0, 0.05) is 13.2 Å². The molecule has 1 unspecified atom stereocenters. The molecule has 1 aliphatic rings. The van der Waals surface area contributed by atoms with E-state index in [4.69, 9.17) is 14.2 Å². The lowest BCUT2D eigenvalue weighted by Gasteiger charge is -2.16. The van der Waals surface area contributed by atoms with Crippen LogP contribution in [0.2, 0.25) is 0 Å². The number of hydrogen-bond donors (Lipinski definition) is 1. The number of Topliss-reactive ketones (excluding diaryl/α,β-unsaturated/α-hetero) is 1. The van der Waals surface area contributed by atoms with E-state index in [0.717, 1.165) is 11.3 Å². The van der Waals surface area contributed by atoms with Gasteiger partial charge in [-0.25, -0.2) is 9.69 Å². The van der Waals surface area contributed by atoms with Gasteiger partial charge in [0.05, 0.1) is 36.4 Å². The summed E-state index contributed by atoms with van der Waals surface area (Å²) in [4.78, 5) is 51.0. The summed E-state index contributed by atoms with van der Waals surface area (Å²) >= 11 is 0. The topological polar surface area (TPSA) is 111 Å². The van der Waals surface area contributed by atoms with E-state index in [1.165, 1.54) is 31.4 Å². The lowest BCUT2D eigenvalue weighted by Crippen LogP contribution is -2.39. The Balaban J connectivity index is 1.55. The first kappa shape index (κ1) is 25.1. The fourth-order valence-electron chi connectivity index (χ4n) is 3.57. The molecule has 1 atom stereocenters. The molecule has 0 bridgehead atoms. The fraction of sp³-hybridized carbons (Fsp3) is 0.360. The van der Waals surface area contributed by atoms with Crippen LogP contribution in [0.4, 0.5) is 5.69 Å². The number of benzene rings is 2. The second-order valence-corrected chi connectivity index (χ2v) is 7.58. The highest BCUT2D eigenvalue weighted by Crippen LogP contribution is 2.24. The average molecular weight is 469 g/mol. The van der Waals surface area contributed by atoms with Gasteiger partial charge < -0.3 is 19.5 Å². The van der Waals surface area contributed by atoms with Crippen molar-refractivity contribution in [1.29, 1.82) is 0 Å². The normalized spacial score (nSPS) is 15.5. The van der Waals surface area contributed by atoms with Gasteiger partial charge in [-0.2, -0.15) is 0 Å². The van der Waals surface area contributed by atoms with E-state index >= 15 is 0 Å². The zero-order valence-corrected chi connectivity index (χ0v) is 19.2. The maximum atomic E-state index is 12.7. The van der Waals surface area contributed by atoms with E-state index in [1.54, 1.807) is 24.3 Å². The number of ether oxygens (including phenoxy) is 3. The third kappa shape index (κ3) is 6.06. The van der Waals surface area contributed by atoms with Crippen molar-refractivity contribution in [3.8, 4) is 5.75 Å². The van der Waals surface area contributed by atoms with Crippen LogP contribution in [0.5, 0.6) is 5.75 Å². The SMILES string of the molecule is CCOCCCNC1CC(=O)N(c2ccc(C(=O)OCC(=O)c3ccccc3OC)cc2)C1=O. The van der Waals surface area contributed by atoms with Crippen molar-refractivity contribution in [2.75, 3.05) is 38.4 Å². The van der Waals surface area contributed by atoms with Crippen molar-refractivity contribution in [2.24, 2.45) is 0 Å². The summed E-state index contributed by atoms with van der Waals surface area (Å²) in [5.74, 6) is -1.34. The zero-order chi connectivity index (χ0) is 24.5. The van der Waals surface area contributed by atoms with E-state index in [9.17, 15) is 19.2 Å². The van der Waals surface area contributed by atoms with Gasteiger partial charge in [-0.3, -0.25) is 14.4 Å². The number of rotatable bonds is 12. The third-order valence-electron chi connectivity index (χ3n) is 5.31. The molecule has 2 amide bonds. The number of nitrogens with one attached hydrogen (secondary N) is 1. The van der Waals surface area contributed by atoms with Gasteiger partial charge in [0.25, 0.3) is 5.91 Å². The molecule has 0 aliphatic carbocycles. The first-order valence-corrected chi connectivity index (χ1v) is 11.1. The van der Waals surface area contributed by atoms with Crippen molar-refractivity contribution in [3.63, 3.8) is 0 Å². The van der Waals surface area contributed by atoms with Gasteiger partial charge in [0.2, 0.25) is 11.7 Å². The molecule has 34 heavy (non-hydrogen) atoms. The Hall–Kier alpha value is -3.56. The molecule has 1 N–H and O–H groups in total. The third-order valence-corrected chi connectivity index (χ3v) is 5.31. The highest BCUT2D eigenvalue weighted by Gasteiger charge is 2.39. The van der Waals surface area contributed by atoms with Crippen LogP contribution in [0.3, 0.4) is 0 Å². The minimum absolute atomic E-state index is 0.0717. The summed E-state index contributed by atoms with van der Waals surface area (Å²) in [6, 6.07) is 12.0. The Morgan fingerprint density at radius 3 is 2.53 bits per heavy atom. The number of carbonyl (C=O) groups is 4. The van der Waals surface area contributed by atoms with Crippen molar-refractivity contribution in [2.45, 2.75) is 25.8 Å². The van der Waals surface area contributed by atoms with Gasteiger partial charge >= 0.3 is 5.97 Å².